The number of ether oxygens (including phenoxy) is 2. The van der Waals surface area contributed by atoms with Gasteiger partial charge in [-0.15, -0.1) is 0 Å². The Bertz CT molecular complexity index is 587. The summed E-state index contributed by atoms with van der Waals surface area (Å²) in [6.45, 7) is -0.297. The van der Waals surface area contributed by atoms with Crippen molar-refractivity contribution < 1.29 is 19.7 Å². The lowest BCUT2D eigenvalue weighted by Crippen LogP contribution is -2.34. The van der Waals surface area contributed by atoms with E-state index < -0.39 is 30.1 Å². The first-order valence-corrected chi connectivity index (χ1v) is 6.58. The van der Waals surface area contributed by atoms with Crippen LogP contribution in [0.4, 0.5) is 0 Å². The molecule has 0 saturated carbocycles. The lowest BCUT2D eigenvalue weighted by molar-refractivity contribution is -0.0434. The lowest BCUT2D eigenvalue weighted by atomic mass is 10.1. The molecule has 2 N–H and O–H groups in total. The van der Waals surface area contributed by atoms with Gasteiger partial charge in [-0.1, -0.05) is 15.9 Å². The fourth-order valence-corrected chi connectivity index (χ4v) is 2.55. The molecule has 7 nitrogen and oxygen atoms in total. The Balaban J connectivity index is 2.02. The van der Waals surface area contributed by atoms with E-state index in [9.17, 15) is 9.90 Å². The summed E-state index contributed by atoms with van der Waals surface area (Å²) in [7, 11) is 0. The van der Waals surface area contributed by atoms with Crippen molar-refractivity contribution in [3.8, 4) is 6.01 Å². The molecule has 0 spiro atoms. The SMILES string of the molecule is O=c1nc2n(cc1/C=C/Br)[C@@H]1O[C@H](CO)[C@@H](O)[C@@H]1O2. The molecular formula is C11H11BrN2O5. The Morgan fingerprint density at radius 2 is 2.37 bits per heavy atom. The van der Waals surface area contributed by atoms with Gasteiger partial charge in [-0.2, -0.15) is 4.98 Å². The van der Waals surface area contributed by atoms with Crippen molar-refractivity contribution in [2.24, 2.45) is 0 Å². The third-order valence-electron chi connectivity index (χ3n) is 3.19. The third kappa shape index (κ3) is 1.91. The molecule has 0 bridgehead atoms. The highest BCUT2D eigenvalue weighted by molar-refractivity contribution is 9.11. The van der Waals surface area contributed by atoms with Crippen LogP contribution in [-0.2, 0) is 4.74 Å². The zero-order chi connectivity index (χ0) is 13.6. The highest BCUT2D eigenvalue weighted by Crippen LogP contribution is 2.38. The highest BCUT2D eigenvalue weighted by atomic mass is 79.9. The number of aliphatic hydroxyl groups is 2. The molecule has 0 radical (unpaired) electrons. The van der Waals surface area contributed by atoms with Crippen LogP contribution in [0.1, 0.15) is 11.8 Å². The molecule has 1 fully saturated rings. The maximum Gasteiger partial charge on any atom is 0.302 e. The van der Waals surface area contributed by atoms with Gasteiger partial charge in [0, 0.05) is 6.20 Å². The molecule has 0 amide bonds. The average Bonchev–Trinajstić information content (AvgIpc) is 2.88. The van der Waals surface area contributed by atoms with E-state index in [2.05, 4.69) is 20.9 Å². The van der Waals surface area contributed by atoms with E-state index in [1.807, 2.05) is 0 Å². The quantitative estimate of drug-likeness (QED) is 0.767. The molecule has 2 aliphatic rings. The minimum Gasteiger partial charge on any atom is -0.453 e. The lowest BCUT2D eigenvalue weighted by Gasteiger charge is -2.14. The predicted molar refractivity (Wildman–Crippen MR) is 67.9 cm³/mol. The van der Waals surface area contributed by atoms with Crippen molar-refractivity contribution in [3.05, 3.63) is 27.1 Å². The second-order valence-electron chi connectivity index (χ2n) is 4.30. The van der Waals surface area contributed by atoms with Gasteiger partial charge >= 0.3 is 6.01 Å². The van der Waals surface area contributed by atoms with Crippen molar-refractivity contribution in [1.29, 1.82) is 0 Å². The number of rotatable bonds is 2. The fraction of sp³-hybridized carbons (Fsp3) is 0.455. The van der Waals surface area contributed by atoms with E-state index in [-0.39, 0.29) is 12.6 Å². The Labute approximate surface area is 116 Å². The van der Waals surface area contributed by atoms with E-state index in [0.717, 1.165) is 0 Å². The molecule has 2 aliphatic heterocycles. The van der Waals surface area contributed by atoms with Gasteiger partial charge in [0.15, 0.2) is 12.3 Å². The minimum atomic E-state index is -0.957. The van der Waals surface area contributed by atoms with E-state index in [4.69, 9.17) is 14.6 Å². The van der Waals surface area contributed by atoms with E-state index in [1.54, 1.807) is 21.8 Å². The number of aliphatic hydroxyl groups excluding tert-OH is 2. The summed E-state index contributed by atoms with van der Waals surface area (Å²) in [5.74, 6) is 0. The van der Waals surface area contributed by atoms with Crippen molar-refractivity contribution in [2.75, 3.05) is 6.61 Å². The van der Waals surface area contributed by atoms with Crippen molar-refractivity contribution in [2.45, 2.75) is 24.5 Å². The minimum absolute atomic E-state index is 0.113. The molecular weight excluding hydrogens is 320 g/mol. The summed E-state index contributed by atoms with van der Waals surface area (Å²) in [5, 5.41) is 19.0. The topological polar surface area (TPSA) is 93.8 Å². The van der Waals surface area contributed by atoms with Crippen LogP contribution in [0.3, 0.4) is 0 Å². The Hall–Kier alpha value is -1.22. The normalized spacial score (nSPS) is 32.4. The zero-order valence-electron chi connectivity index (χ0n) is 9.64. The first kappa shape index (κ1) is 12.8. The smallest absolute Gasteiger partial charge is 0.302 e. The molecule has 3 heterocycles. The zero-order valence-corrected chi connectivity index (χ0v) is 11.2. The molecule has 8 heteroatoms. The summed E-state index contributed by atoms with van der Waals surface area (Å²) in [6.07, 6.45) is 0.217. The molecule has 3 rings (SSSR count). The monoisotopic (exact) mass is 330 g/mol. The van der Waals surface area contributed by atoms with Crippen LogP contribution in [0.2, 0.25) is 0 Å². The van der Waals surface area contributed by atoms with Crippen molar-refractivity contribution >= 4 is 22.0 Å². The maximum absolute atomic E-state index is 11.7. The van der Waals surface area contributed by atoms with Crippen molar-refractivity contribution in [1.82, 2.24) is 9.55 Å². The van der Waals surface area contributed by atoms with Gasteiger partial charge in [0.2, 0.25) is 0 Å². The molecule has 0 aromatic carbocycles. The molecule has 0 unspecified atom stereocenters. The number of fused-ring (bicyclic) bond motifs is 3. The maximum atomic E-state index is 11.7. The number of hydrogen-bond acceptors (Lipinski definition) is 6. The number of nitrogens with zero attached hydrogens (tertiary/aromatic N) is 2. The van der Waals surface area contributed by atoms with Crippen LogP contribution < -0.4 is 10.3 Å². The van der Waals surface area contributed by atoms with Crippen LogP contribution in [0, 0.1) is 0 Å². The molecule has 0 aliphatic carbocycles. The number of aromatic nitrogens is 2. The molecule has 102 valence electrons. The molecule has 19 heavy (non-hydrogen) atoms. The third-order valence-corrected chi connectivity index (χ3v) is 3.46. The van der Waals surface area contributed by atoms with Gasteiger partial charge in [0.1, 0.15) is 12.2 Å². The predicted octanol–water partition coefficient (Wildman–Crippen LogP) is -0.379. The van der Waals surface area contributed by atoms with Gasteiger partial charge in [0.05, 0.1) is 12.2 Å². The molecule has 1 aromatic heterocycles. The van der Waals surface area contributed by atoms with Crippen LogP contribution in [0.5, 0.6) is 6.01 Å². The second-order valence-corrected chi connectivity index (χ2v) is 4.83. The number of halogens is 1. The molecule has 1 aromatic rings. The van der Waals surface area contributed by atoms with Gasteiger partial charge in [-0.3, -0.25) is 9.36 Å². The largest absolute Gasteiger partial charge is 0.453 e. The molecule has 4 atom stereocenters. The van der Waals surface area contributed by atoms with Gasteiger partial charge in [-0.05, 0) is 11.1 Å². The summed E-state index contributed by atoms with van der Waals surface area (Å²) < 4.78 is 12.5. The van der Waals surface area contributed by atoms with E-state index in [1.165, 1.54) is 0 Å². The van der Waals surface area contributed by atoms with E-state index in [0.29, 0.717) is 5.56 Å². The summed E-state index contributed by atoms with van der Waals surface area (Å²) in [6, 6.07) is 0.113. The standard InChI is InChI=1S/C11H11BrN2O5/c12-2-1-5-3-14-10-8(7(16)6(4-15)18-10)19-11(14)13-9(5)17/h1-3,6-8,10,15-16H,4H2/b2-1+/t6-,7-,8+,10-/m1/s1. The van der Waals surface area contributed by atoms with Crippen LogP contribution in [0.25, 0.3) is 6.08 Å². The average molecular weight is 331 g/mol. The van der Waals surface area contributed by atoms with Crippen molar-refractivity contribution in [3.63, 3.8) is 0 Å². The Morgan fingerprint density at radius 3 is 3.05 bits per heavy atom. The first-order chi connectivity index (χ1) is 9.15. The van der Waals surface area contributed by atoms with Crippen LogP contribution in [0.15, 0.2) is 16.0 Å². The summed E-state index contributed by atoms with van der Waals surface area (Å²) >= 11 is 3.10. The summed E-state index contributed by atoms with van der Waals surface area (Å²) in [5.41, 5.74) is -0.0504. The van der Waals surface area contributed by atoms with Crippen LogP contribution in [-0.4, -0.2) is 44.7 Å². The number of hydrogen-bond donors (Lipinski definition) is 2. The first-order valence-electron chi connectivity index (χ1n) is 5.66. The Morgan fingerprint density at radius 1 is 1.58 bits per heavy atom. The van der Waals surface area contributed by atoms with Gasteiger partial charge < -0.3 is 19.7 Å². The van der Waals surface area contributed by atoms with Gasteiger partial charge in [-0.25, -0.2) is 0 Å². The Kier molecular flexibility index (Phi) is 3.17. The van der Waals surface area contributed by atoms with Crippen LogP contribution >= 0.6 is 15.9 Å². The highest BCUT2D eigenvalue weighted by Gasteiger charge is 2.51. The summed E-state index contributed by atoms with van der Waals surface area (Å²) in [4.78, 5) is 17.0. The fourth-order valence-electron chi connectivity index (χ4n) is 2.26. The van der Waals surface area contributed by atoms with E-state index >= 15 is 0 Å². The molecule has 1 saturated heterocycles. The van der Waals surface area contributed by atoms with Gasteiger partial charge in [0.25, 0.3) is 5.56 Å². The second kappa shape index (κ2) is 4.71.